The number of fused-ring (bicyclic) bond motifs is 1. The van der Waals surface area contributed by atoms with Crippen LogP contribution >= 0.6 is 0 Å². The van der Waals surface area contributed by atoms with E-state index >= 15 is 0 Å². The van der Waals surface area contributed by atoms with Crippen LogP contribution in [0, 0.1) is 0 Å². The number of nitrogens with zero attached hydrogens (tertiary/aromatic N) is 1. The lowest BCUT2D eigenvalue weighted by Crippen LogP contribution is -2.53. The van der Waals surface area contributed by atoms with Crippen molar-refractivity contribution in [2.24, 2.45) is 22.2 Å². The molecule has 23 heteroatoms. The van der Waals surface area contributed by atoms with Crippen LogP contribution in [0.25, 0.3) is 10.8 Å². The lowest BCUT2D eigenvalue weighted by molar-refractivity contribution is -0.193. The number of carboxylic acid groups (broad SMARTS) is 2. The third-order valence-electron chi connectivity index (χ3n) is 6.28. The molecule has 0 unspecified atom stereocenters. The second kappa shape index (κ2) is 20.6. The molecule has 0 saturated heterocycles. The minimum Gasteiger partial charge on any atom is -0.475 e. The molecule has 53 heavy (non-hydrogen) atoms. The molecule has 2 atom stereocenters. The van der Waals surface area contributed by atoms with Crippen LogP contribution in [-0.2, 0) is 19.2 Å². The van der Waals surface area contributed by atoms with E-state index in [-0.39, 0.29) is 17.8 Å². The molecular weight excluding hydrogens is 730 g/mol. The number of rotatable bonds is 12. The maximum atomic E-state index is 13.1. The van der Waals surface area contributed by atoms with E-state index < -0.39 is 72.6 Å². The number of nitrogens with one attached hydrogen (secondary N) is 4. The van der Waals surface area contributed by atoms with Gasteiger partial charge in [0, 0.05) is 5.69 Å². The van der Waals surface area contributed by atoms with Crippen molar-refractivity contribution in [3.8, 4) is 0 Å². The van der Waals surface area contributed by atoms with E-state index in [9.17, 15) is 50.6 Å². The molecule has 3 rings (SSSR count). The first-order valence-corrected chi connectivity index (χ1v) is 14.8. The van der Waals surface area contributed by atoms with Crippen LogP contribution in [-0.4, -0.2) is 99.4 Å². The minimum absolute atomic E-state index is 0.00600. The summed E-state index contributed by atoms with van der Waals surface area (Å²) in [6.07, 6.45) is -8.83. The predicted octanol–water partition coefficient (Wildman–Crippen LogP) is 1.19. The summed E-state index contributed by atoms with van der Waals surface area (Å²) in [7, 11) is 0. The summed E-state index contributed by atoms with van der Waals surface area (Å²) in [6, 6.07) is 13.3. The average molecular weight is 765 g/mol. The summed E-state index contributed by atoms with van der Waals surface area (Å²) >= 11 is 0. The number of aliphatic imine (C=N–C) groups is 1. The van der Waals surface area contributed by atoms with Crippen molar-refractivity contribution in [3.05, 3.63) is 66.0 Å². The van der Waals surface area contributed by atoms with Crippen LogP contribution in [0.3, 0.4) is 0 Å². The third kappa shape index (κ3) is 16.1. The maximum Gasteiger partial charge on any atom is 0.490 e. The number of guanidine groups is 1. The number of unbranched alkanes of at least 4 members (excludes halogenated alkanes) is 1. The van der Waals surface area contributed by atoms with Crippen molar-refractivity contribution in [1.82, 2.24) is 15.6 Å². The minimum atomic E-state index is -5.08. The second-order valence-electron chi connectivity index (χ2n) is 10.3. The summed E-state index contributed by atoms with van der Waals surface area (Å²) < 4.78 is 63.5. The molecule has 1 aromatic heterocycles. The number of hydrogen-bond acceptors (Lipinski definition) is 8. The first-order chi connectivity index (χ1) is 24.6. The average Bonchev–Trinajstić information content (AvgIpc) is 3.57. The van der Waals surface area contributed by atoms with E-state index in [1.165, 1.54) is 12.1 Å². The molecule has 0 aliphatic heterocycles. The molecule has 0 aliphatic rings. The standard InChI is InChI=1S/C26H32N8O5.2C2HF3O2/c27-12-4-3-7-18(32-23(37)19-10-11-20(31-19)24(38)34-26(28)29)22(36)33-21(14-35)25(39)30-17-9-8-15-5-1-2-6-16(15)13-17;2*3-2(4,5)1(6)7/h1-2,5-6,8-11,13,18,21,31,35H,3-4,7,12,14,27H2,(H,30,39)(H,32,37)(H,33,36)(H4,28,29,34,38);2*(H,6,7)/t18-,21-;;/m0../s1. The van der Waals surface area contributed by atoms with Gasteiger partial charge in [-0.1, -0.05) is 30.3 Å². The third-order valence-corrected chi connectivity index (χ3v) is 6.28. The molecule has 290 valence electrons. The number of aliphatic carboxylic acids is 2. The number of alkyl halides is 6. The molecular formula is C30H34F6N8O9. The lowest BCUT2D eigenvalue weighted by atomic mass is 10.1. The number of aliphatic hydroxyl groups excluding tert-OH is 1. The van der Waals surface area contributed by atoms with Gasteiger partial charge in [0.15, 0.2) is 5.96 Å². The van der Waals surface area contributed by atoms with Crippen molar-refractivity contribution in [2.75, 3.05) is 18.5 Å². The van der Waals surface area contributed by atoms with Crippen molar-refractivity contribution >= 4 is 58.0 Å². The number of halogens is 6. The first kappa shape index (κ1) is 44.8. The van der Waals surface area contributed by atoms with E-state index in [1.807, 2.05) is 30.3 Å². The fourth-order valence-corrected chi connectivity index (χ4v) is 3.79. The number of hydrogen-bond donors (Lipinski definition) is 10. The lowest BCUT2D eigenvalue weighted by Gasteiger charge is -2.22. The van der Waals surface area contributed by atoms with Gasteiger partial charge < -0.3 is 53.5 Å². The molecule has 0 spiro atoms. The molecule has 0 bridgehead atoms. The summed E-state index contributed by atoms with van der Waals surface area (Å²) in [4.78, 5) is 74.5. The Labute approximate surface area is 294 Å². The number of aromatic amines is 1. The highest BCUT2D eigenvalue weighted by Gasteiger charge is 2.39. The highest BCUT2D eigenvalue weighted by Crippen LogP contribution is 2.19. The van der Waals surface area contributed by atoms with Crippen molar-refractivity contribution in [1.29, 1.82) is 0 Å². The number of benzene rings is 2. The van der Waals surface area contributed by atoms with Crippen molar-refractivity contribution in [2.45, 2.75) is 43.7 Å². The van der Waals surface area contributed by atoms with E-state index in [1.54, 1.807) is 12.1 Å². The molecule has 1 heterocycles. The molecule has 13 N–H and O–H groups in total. The van der Waals surface area contributed by atoms with Crippen LogP contribution < -0.4 is 33.2 Å². The summed E-state index contributed by atoms with van der Waals surface area (Å²) in [6.45, 7) is -0.274. The van der Waals surface area contributed by atoms with Gasteiger partial charge in [0.25, 0.3) is 11.8 Å². The number of carboxylic acids is 2. The number of aromatic nitrogens is 1. The van der Waals surface area contributed by atoms with E-state index in [4.69, 9.17) is 37.0 Å². The van der Waals surface area contributed by atoms with Gasteiger partial charge in [-0.3, -0.25) is 19.2 Å². The molecule has 2 aromatic carbocycles. The Kier molecular flexibility index (Phi) is 17.4. The summed E-state index contributed by atoms with van der Waals surface area (Å²) in [5, 5.41) is 33.8. The second-order valence-corrected chi connectivity index (χ2v) is 10.3. The number of nitrogens with two attached hydrogens (primary N) is 3. The van der Waals surface area contributed by atoms with Gasteiger partial charge in [0.05, 0.1) is 6.61 Å². The van der Waals surface area contributed by atoms with Gasteiger partial charge in [0.2, 0.25) is 11.8 Å². The highest BCUT2D eigenvalue weighted by molar-refractivity contribution is 6.03. The van der Waals surface area contributed by atoms with E-state index in [0.717, 1.165) is 10.8 Å². The summed E-state index contributed by atoms with van der Waals surface area (Å²) in [5.41, 5.74) is 16.4. The largest absolute Gasteiger partial charge is 0.490 e. The first-order valence-electron chi connectivity index (χ1n) is 14.8. The topological polar surface area (TPSA) is 305 Å². The fourth-order valence-electron chi connectivity index (χ4n) is 3.79. The Morgan fingerprint density at radius 2 is 1.30 bits per heavy atom. The Bertz CT molecular complexity index is 1750. The molecule has 0 fully saturated rings. The Morgan fingerprint density at radius 1 is 0.755 bits per heavy atom. The van der Waals surface area contributed by atoms with Gasteiger partial charge in [0.1, 0.15) is 23.5 Å². The maximum absolute atomic E-state index is 13.1. The number of aliphatic hydroxyl groups is 1. The molecule has 0 saturated carbocycles. The van der Waals surface area contributed by atoms with Gasteiger partial charge in [-0.15, -0.1) is 0 Å². The number of H-pyrrole nitrogens is 1. The molecule has 3 aromatic rings. The van der Waals surface area contributed by atoms with Gasteiger partial charge >= 0.3 is 24.3 Å². The Hall–Kier alpha value is -6.23. The molecule has 0 radical (unpaired) electrons. The molecule has 17 nitrogen and oxygen atoms in total. The van der Waals surface area contributed by atoms with Crippen molar-refractivity contribution in [3.63, 3.8) is 0 Å². The van der Waals surface area contributed by atoms with Crippen LogP contribution in [0.5, 0.6) is 0 Å². The monoisotopic (exact) mass is 764 g/mol. The Morgan fingerprint density at radius 3 is 1.81 bits per heavy atom. The number of anilines is 1. The fraction of sp³-hybridized carbons (Fsp3) is 0.300. The highest BCUT2D eigenvalue weighted by atomic mass is 19.4. The van der Waals surface area contributed by atoms with Gasteiger partial charge in [-0.05, 0) is 60.8 Å². The number of amides is 4. The Balaban J connectivity index is 0.000000845. The van der Waals surface area contributed by atoms with Crippen molar-refractivity contribution < 1.29 is 70.4 Å². The molecule has 4 amide bonds. The van der Waals surface area contributed by atoms with Crippen LogP contribution in [0.2, 0.25) is 0 Å². The van der Waals surface area contributed by atoms with E-state index in [2.05, 4.69) is 25.9 Å². The van der Waals surface area contributed by atoms with Crippen LogP contribution in [0.4, 0.5) is 32.0 Å². The smallest absolute Gasteiger partial charge is 0.475 e. The van der Waals surface area contributed by atoms with Crippen LogP contribution in [0.15, 0.2) is 59.6 Å². The number of carbonyl (C=O) groups is 6. The zero-order valence-corrected chi connectivity index (χ0v) is 27.1. The van der Waals surface area contributed by atoms with Crippen LogP contribution in [0.1, 0.15) is 40.2 Å². The normalized spacial score (nSPS) is 12.0. The predicted molar refractivity (Wildman–Crippen MR) is 174 cm³/mol. The van der Waals surface area contributed by atoms with Gasteiger partial charge in [-0.2, -0.15) is 31.3 Å². The van der Waals surface area contributed by atoms with Gasteiger partial charge in [-0.25, -0.2) is 9.59 Å². The number of carbonyl (C=O) groups excluding carboxylic acids is 4. The van der Waals surface area contributed by atoms with E-state index in [0.29, 0.717) is 25.1 Å². The zero-order chi connectivity index (χ0) is 40.5. The molecule has 0 aliphatic carbocycles. The SMILES string of the molecule is NCCCC[C@H](NC(=O)c1ccc(C(=O)N=C(N)N)[nH]1)C(=O)N[C@@H](CO)C(=O)Nc1ccc2ccccc2c1.O=C(O)C(F)(F)F.O=C(O)C(F)(F)F. The quantitative estimate of drug-likeness (QED) is 0.0539. The zero-order valence-electron chi connectivity index (χ0n) is 27.1. The summed E-state index contributed by atoms with van der Waals surface area (Å²) in [5.74, 6) is -8.68.